The van der Waals surface area contributed by atoms with Crippen LogP contribution in [-0.4, -0.2) is 23.1 Å². The molecule has 0 spiro atoms. The van der Waals surface area contributed by atoms with Crippen molar-refractivity contribution in [2.24, 2.45) is 5.73 Å². The van der Waals surface area contributed by atoms with Crippen LogP contribution in [0.1, 0.15) is 29.7 Å². The SMILES string of the molecule is NCCNc1nc(N)c2c3c(sc2n1)CCCCC3. The van der Waals surface area contributed by atoms with Crippen LogP contribution in [-0.2, 0) is 12.8 Å². The van der Waals surface area contributed by atoms with Crippen LogP contribution < -0.4 is 16.8 Å². The number of nitrogens with one attached hydrogen (secondary N) is 1. The highest BCUT2D eigenvalue weighted by molar-refractivity contribution is 7.19. The number of aromatic nitrogens is 2. The molecule has 0 aliphatic heterocycles. The van der Waals surface area contributed by atoms with E-state index in [0.29, 0.717) is 24.9 Å². The van der Waals surface area contributed by atoms with Crippen LogP contribution in [0.5, 0.6) is 0 Å². The Morgan fingerprint density at radius 1 is 1.16 bits per heavy atom. The van der Waals surface area contributed by atoms with Gasteiger partial charge in [0.1, 0.15) is 10.6 Å². The predicted molar refractivity (Wildman–Crippen MR) is 80.6 cm³/mol. The number of anilines is 2. The number of hydrogen-bond donors (Lipinski definition) is 3. The second kappa shape index (κ2) is 5.30. The lowest BCUT2D eigenvalue weighted by Crippen LogP contribution is -2.15. The molecule has 19 heavy (non-hydrogen) atoms. The van der Waals surface area contributed by atoms with Gasteiger partial charge in [-0.3, -0.25) is 0 Å². The number of hydrogen-bond acceptors (Lipinski definition) is 6. The lowest BCUT2D eigenvalue weighted by atomic mass is 10.1. The third-order valence-corrected chi connectivity index (χ3v) is 4.71. The van der Waals surface area contributed by atoms with Gasteiger partial charge in [-0.2, -0.15) is 4.98 Å². The third-order valence-electron chi connectivity index (χ3n) is 3.52. The van der Waals surface area contributed by atoms with E-state index in [2.05, 4.69) is 15.3 Å². The third kappa shape index (κ3) is 2.37. The smallest absolute Gasteiger partial charge is 0.226 e. The highest BCUT2D eigenvalue weighted by atomic mass is 32.1. The van der Waals surface area contributed by atoms with Crippen molar-refractivity contribution < 1.29 is 0 Å². The van der Waals surface area contributed by atoms with Crippen molar-refractivity contribution in [3.8, 4) is 0 Å². The summed E-state index contributed by atoms with van der Waals surface area (Å²) in [7, 11) is 0. The average molecular weight is 277 g/mol. The molecule has 1 aliphatic rings. The molecular weight excluding hydrogens is 258 g/mol. The van der Waals surface area contributed by atoms with Crippen LogP contribution >= 0.6 is 11.3 Å². The number of aryl methyl sites for hydroxylation is 2. The van der Waals surface area contributed by atoms with Crippen LogP contribution in [0, 0.1) is 0 Å². The Morgan fingerprint density at radius 3 is 2.84 bits per heavy atom. The molecule has 5 N–H and O–H groups in total. The van der Waals surface area contributed by atoms with E-state index in [1.807, 2.05) is 0 Å². The summed E-state index contributed by atoms with van der Waals surface area (Å²) in [5.74, 6) is 1.19. The lowest BCUT2D eigenvalue weighted by Gasteiger charge is -2.05. The first-order valence-corrected chi connectivity index (χ1v) is 7.63. The van der Waals surface area contributed by atoms with E-state index < -0.39 is 0 Å². The Balaban J connectivity index is 2.06. The van der Waals surface area contributed by atoms with Crippen LogP contribution in [0.2, 0.25) is 0 Å². The molecular formula is C13H19N5S. The van der Waals surface area contributed by atoms with Crippen molar-refractivity contribution in [1.29, 1.82) is 0 Å². The highest BCUT2D eigenvalue weighted by Crippen LogP contribution is 2.37. The topological polar surface area (TPSA) is 89.8 Å². The van der Waals surface area contributed by atoms with Gasteiger partial charge in [-0.05, 0) is 31.2 Å². The maximum atomic E-state index is 6.13. The van der Waals surface area contributed by atoms with E-state index >= 15 is 0 Å². The molecule has 0 aromatic carbocycles. The van der Waals surface area contributed by atoms with Crippen LogP contribution in [0.25, 0.3) is 10.2 Å². The molecule has 2 heterocycles. The molecule has 0 bridgehead atoms. The quantitative estimate of drug-likeness (QED) is 0.746. The van der Waals surface area contributed by atoms with Gasteiger partial charge in [0.2, 0.25) is 5.95 Å². The summed E-state index contributed by atoms with van der Waals surface area (Å²) in [6.07, 6.45) is 6.08. The Bertz CT molecular complexity index is 592. The maximum absolute atomic E-state index is 6.13. The fourth-order valence-corrected chi connectivity index (χ4v) is 3.89. The van der Waals surface area contributed by atoms with Gasteiger partial charge in [0.05, 0.1) is 5.39 Å². The second-order valence-corrected chi connectivity index (χ2v) is 5.98. The Morgan fingerprint density at radius 2 is 2.00 bits per heavy atom. The van der Waals surface area contributed by atoms with Gasteiger partial charge in [-0.25, -0.2) is 4.98 Å². The summed E-state index contributed by atoms with van der Waals surface area (Å²) in [6, 6.07) is 0. The molecule has 0 atom stereocenters. The van der Waals surface area contributed by atoms with Gasteiger partial charge >= 0.3 is 0 Å². The van der Waals surface area contributed by atoms with Crippen molar-refractivity contribution in [3.05, 3.63) is 10.4 Å². The Kier molecular flexibility index (Phi) is 3.52. The monoisotopic (exact) mass is 277 g/mol. The normalized spacial score (nSPS) is 15.2. The summed E-state index contributed by atoms with van der Waals surface area (Å²) in [6.45, 7) is 1.22. The predicted octanol–water partition coefficient (Wildman–Crippen LogP) is 1.91. The molecule has 0 saturated carbocycles. The number of nitrogen functional groups attached to an aromatic ring is 1. The molecule has 0 radical (unpaired) electrons. The molecule has 5 nitrogen and oxygen atoms in total. The number of nitrogens with two attached hydrogens (primary N) is 2. The van der Waals surface area contributed by atoms with E-state index in [0.717, 1.165) is 23.1 Å². The van der Waals surface area contributed by atoms with Crippen LogP contribution in [0.4, 0.5) is 11.8 Å². The summed E-state index contributed by atoms with van der Waals surface area (Å²) < 4.78 is 0. The van der Waals surface area contributed by atoms with Gasteiger partial charge < -0.3 is 16.8 Å². The molecule has 6 heteroatoms. The fraction of sp³-hybridized carbons (Fsp3) is 0.538. The zero-order valence-corrected chi connectivity index (χ0v) is 11.7. The summed E-state index contributed by atoms with van der Waals surface area (Å²) in [4.78, 5) is 11.4. The fourth-order valence-electron chi connectivity index (χ4n) is 2.63. The van der Waals surface area contributed by atoms with Crippen molar-refractivity contribution in [1.82, 2.24) is 9.97 Å². The van der Waals surface area contributed by atoms with E-state index in [-0.39, 0.29) is 0 Å². The molecule has 0 unspecified atom stereocenters. The number of rotatable bonds is 3. The number of thiophene rings is 1. The van der Waals surface area contributed by atoms with Crippen molar-refractivity contribution in [3.63, 3.8) is 0 Å². The van der Waals surface area contributed by atoms with Crippen molar-refractivity contribution in [2.75, 3.05) is 24.1 Å². The molecule has 0 amide bonds. The molecule has 1 aliphatic carbocycles. The highest BCUT2D eigenvalue weighted by Gasteiger charge is 2.19. The van der Waals surface area contributed by atoms with Gasteiger partial charge in [0, 0.05) is 18.0 Å². The maximum Gasteiger partial charge on any atom is 0.226 e. The first kappa shape index (κ1) is 12.6. The average Bonchev–Trinajstić information content (AvgIpc) is 2.59. The lowest BCUT2D eigenvalue weighted by molar-refractivity contribution is 0.713. The second-order valence-electron chi connectivity index (χ2n) is 4.89. The molecule has 102 valence electrons. The summed E-state index contributed by atoms with van der Waals surface area (Å²) >= 11 is 1.77. The molecule has 2 aromatic rings. The summed E-state index contributed by atoms with van der Waals surface area (Å²) in [5.41, 5.74) is 13.0. The zero-order chi connectivity index (χ0) is 13.2. The summed E-state index contributed by atoms with van der Waals surface area (Å²) in [5, 5.41) is 4.18. The molecule has 2 aromatic heterocycles. The number of fused-ring (bicyclic) bond motifs is 3. The number of nitrogens with zero attached hydrogens (tertiary/aromatic N) is 2. The minimum Gasteiger partial charge on any atom is -0.383 e. The van der Waals surface area contributed by atoms with Gasteiger partial charge in [0.15, 0.2) is 0 Å². The zero-order valence-electron chi connectivity index (χ0n) is 10.9. The van der Waals surface area contributed by atoms with E-state index in [9.17, 15) is 0 Å². The molecule has 3 rings (SSSR count). The van der Waals surface area contributed by atoms with Crippen molar-refractivity contribution in [2.45, 2.75) is 32.1 Å². The molecule has 0 saturated heterocycles. The first-order chi connectivity index (χ1) is 9.29. The van der Waals surface area contributed by atoms with E-state index in [1.54, 1.807) is 11.3 Å². The van der Waals surface area contributed by atoms with Gasteiger partial charge in [0.25, 0.3) is 0 Å². The van der Waals surface area contributed by atoms with Crippen LogP contribution in [0.3, 0.4) is 0 Å². The largest absolute Gasteiger partial charge is 0.383 e. The van der Waals surface area contributed by atoms with Crippen molar-refractivity contribution >= 4 is 33.3 Å². The Hall–Kier alpha value is -1.40. The van der Waals surface area contributed by atoms with Gasteiger partial charge in [-0.1, -0.05) is 6.42 Å². The standard InChI is InChI=1S/C13H19N5S/c14-6-7-16-13-17-11(15)10-8-4-2-1-3-5-9(8)19-12(10)18-13/h1-7,14H2,(H3,15,16,17,18). The van der Waals surface area contributed by atoms with E-state index in [4.69, 9.17) is 11.5 Å². The first-order valence-electron chi connectivity index (χ1n) is 6.81. The van der Waals surface area contributed by atoms with Crippen LogP contribution in [0.15, 0.2) is 0 Å². The Labute approximate surface area is 116 Å². The van der Waals surface area contributed by atoms with Gasteiger partial charge in [-0.15, -0.1) is 11.3 Å². The van der Waals surface area contributed by atoms with E-state index in [1.165, 1.54) is 29.7 Å². The minimum atomic E-state index is 0.558. The minimum absolute atomic E-state index is 0.558. The molecule has 0 fully saturated rings.